The van der Waals surface area contributed by atoms with Crippen molar-refractivity contribution in [3.63, 3.8) is 0 Å². The first-order chi connectivity index (χ1) is 13.4. The van der Waals surface area contributed by atoms with Crippen molar-refractivity contribution in [2.75, 3.05) is 31.1 Å². The number of piperazine rings is 1. The summed E-state index contributed by atoms with van der Waals surface area (Å²) in [5.74, 6) is -0.640. The monoisotopic (exact) mass is 402 g/mol. The molecular weight excluding hydrogens is 379 g/mol. The zero-order valence-electron chi connectivity index (χ0n) is 15.8. The molecule has 1 aliphatic heterocycles. The summed E-state index contributed by atoms with van der Waals surface area (Å²) in [5, 5.41) is 0. The SMILES string of the molecule is CC(=O)c1ccc(N2CCN(S(=O)(=O)c3ccc4c(c3)CCC4)CC2)c(F)c1. The quantitative estimate of drug-likeness (QED) is 0.738. The normalized spacial score (nSPS) is 17.6. The second kappa shape index (κ2) is 7.29. The largest absolute Gasteiger partial charge is 0.367 e. The topological polar surface area (TPSA) is 57.7 Å². The van der Waals surface area contributed by atoms with Crippen molar-refractivity contribution in [1.29, 1.82) is 0 Å². The molecule has 0 unspecified atom stereocenters. The Morgan fingerprint density at radius 1 is 0.964 bits per heavy atom. The van der Waals surface area contributed by atoms with Gasteiger partial charge < -0.3 is 4.90 Å². The van der Waals surface area contributed by atoms with E-state index >= 15 is 0 Å². The standard InChI is InChI=1S/C21H23FN2O3S/c1-15(25)17-6-8-21(20(22)14-17)23-9-11-24(12-10-23)28(26,27)19-7-5-16-3-2-4-18(16)13-19/h5-8,13-14H,2-4,9-12H2,1H3. The highest BCUT2D eigenvalue weighted by molar-refractivity contribution is 7.89. The molecule has 1 aliphatic carbocycles. The van der Waals surface area contributed by atoms with Gasteiger partial charge in [0.25, 0.3) is 0 Å². The molecule has 2 aromatic rings. The van der Waals surface area contributed by atoms with E-state index in [2.05, 4.69) is 0 Å². The van der Waals surface area contributed by atoms with E-state index in [1.807, 2.05) is 17.0 Å². The van der Waals surface area contributed by atoms with Crippen molar-refractivity contribution in [3.8, 4) is 0 Å². The van der Waals surface area contributed by atoms with Crippen LogP contribution in [-0.4, -0.2) is 44.7 Å². The van der Waals surface area contributed by atoms with E-state index < -0.39 is 15.8 Å². The van der Waals surface area contributed by atoms with Gasteiger partial charge in [-0.2, -0.15) is 4.31 Å². The molecule has 5 nitrogen and oxygen atoms in total. The molecule has 0 amide bonds. The minimum Gasteiger partial charge on any atom is -0.367 e. The van der Waals surface area contributed by atoms with Crippen LogP contribution in [0.15, 0.2) is 41.3 Å². The summed E-state index contributed by atoms with van der Waals surface area (Å²) < 4.78 is 41.9. The zero-order valence-corrected chi connectivity index (χ0v) is 16.6. The number of sulfonamides is 1. The highest BCUT2D eigenvalue weighted by atomic mass is 32.2. The van der Waals surface area contributed by atoms with Crippen molar-refractivity contribution in [3.05, 3.63) is 58.9 Å². The molecule has 0 bridgehead atoms. The number of Topliss-reactive ketones (excluding diaryl/α,β-unsaturated/α-hetero) is 1. The highest BCUT2D eigenvalue weighted by Crippen LogP contribution is 2.28. The first-order valence-electron chi connectivity index (χ1n) is 9.53. The van der Waals surface area contributed by atoms with Gasteiger partial charge in [0.2, 0.25) is 10.0 Å². The molecule has 0 aromatic heterocycles. The average Bonchev–Trinajstić information content (AvgIpc) is 3.16. The van der Waals surface area contributed by atoms with Gasteiger partial charge in [-0.1, -0.05) is 6.07 Å². The van der Waals surface area contributed by atoms with Crippen LogP contribution in [0.1, 0.15) is 34.8 Å². The molecule has 0 atom stereocenters. The minimum absolute atomic E-state index is 0.185. The van der Waals surface area contributed by atoms with Gasteiger partial charge in [0.15, 0.2) is 5.78 Å². The Bertz CT molecular complexity index is 1030. The second-order valence-corrected chi connectivity index (χ2v) is 9.34. The fraction of sp³-hybridized carbons (Fsp3) is 0.381. The van der Waals surface area contributed by atoms with E-state index in [-0.39, 0.29) is 5.78 Å². The van der Waals surface area contributed by atoms with Crippen LogP contribution in [0.3, 0.4) is 0 Å². The van der Waals surface area contributed by atoms with E-state index in [0.717, 1.165) is 24.8 Å². The Balaban J connectivity index is 1.49. The van der Waals surface area contributed by atoms with Crippen LogP contribution < -0.4 is 4.90 Å². The van der Waals surface area contributed by atoms with Gasteiger partial charge in [-0.05, 0) is 67.6 Å². The molecule has 0 spiro atoms. The van der Waals surface area contributed by atoms with Crippen molar-refractivity contribution < 1.29 is 17.6 Å². The lowest BCUT2D eigenvalue weighted by Gasteiger charge is -2.35. The second-order valence-electron chi connectivity index (χ2n) is 7.40. The lowest BCUT2D eigenvalue weighted by Crippen LogP contribution is -2.48. The number of halogens is 1. The molecule has 7 heteroatoms. The third-order valence-corrected chi connectivity index (χ3v) is 7.54. The van der Waals surface area contributed by atoms with Crippen LogP contribution in [0.25, 0.3) is 0 Å². The van der Waals surface area contributed by atoms with Crippen LogP contribution >= 0.6 is 0 Å². The molecule has 0 radical (unpaired) electrons. The third-order valence-electron chi connectivity index (χ3n) is 5.64. The van der Waals surface area contributed by atoms with Crippen LogP contribution in [0, 0.1) is 5.82 Å². The number of hydrogen-bond donors (Lipinski definition) is 0. The van der Waals surface area contributed by atoms with Crippen molar-refractivity contribution >= 4 is 21.5 Å². The number of carbonyl (C=O) groups is 1. The predicted molar refractivity (Wildman–Crippen MR) is 106 cm³/mol. The third kappa shape index (κ3) is 3.44. The lowest BCUT2D eigenvalue weighted by atomic mass is 10.1. The lowest BCUT2D eigenvalue weighted by molar-refractivity contribution is 0.101. The van der Waals surface area contributed by atoms with Crippen LogP contribution in [0.5, 0.6) is 0 Å². The van der Waals surface area contributed by atoms with Gasteiger partial charge in [-0.15, -0.1) is 0 Å². The molecule has 1 heterocycles. The number of nitrogens with zero attached hydrogens (tertiary/aromatic N) is 2. The van der Waals surface area contributed by atoms with Crippen LogP contribution in [0.2, 0.25) is 0 Å². The number of rotatable bonds is 4. The summed E-state index contributed by atoms with van der Waals surface area (Å²) in [6.45, 7) is 2.80. The molecule has 1 fully saturated rings. The Labute approximate surface area is 164 Å². The molecular formula is C21H23FN2O3S. The van der Waals surface area contributed by atoms with E-state index in [9.17, 15) is 17.6 Å². The molecule has 148 valence electrons. The molecule has 28 heavy (non-hydrogen) atoms. The Morgan fingerprint density at radius 2 is 1.68 bits per heavy atom. The summed E-state index contributed by atoms with van der Waals surface area (Å²) in [5.41, 5.74) is 3.11. The van der Waals surface area contributed by atoms with E-state index in [1.165, 1.54) is 22.9 Å². The van der Waals surface area contributed by atoms with Gasteiger partial charge in [-0.3, -0.25) is 4.79 Å². The van der Waals surface area contributed by atoms with Gasteiger partial charge in [0.1, 0.15) is 5.82 Å². The Hall–Kier alpha value is -2.25. The summed E-state index contributed by atoms with van der Waals surface area (Å²) >= 11 is 0. The zero-order chi connectivity index (χ0) is 19.9. The molecule has 4 rings (SSSR count). The maximum Gasteiger partial charge on any atom is 0.243 e. The average molecular weight is 402 g/mol. The van der Waals surface area contributed by atoms with Gasteiger partial charge >= 0.3 is 0 Å². The Kier molecular flexibility index (Phi) is 4.97. The van der Waals surface area contributed by atoms with Gasteiger partial charge in [0, 0.05) is 31.7 Å². The molecule has 0 N–H and O–H groups in total. The number of hydrogen-bond acceptors (Lipinski definition) is 4. The van der Waals surface area contributed by atoms with Crippen molar-refractivity contribution in [1.82, 2.24) is 4.31 Å². The fourth-order valence-corrected chi connectivity index (χ4v) is 5.48. The van der Waals surface area contributed by atoms with E-state index in [4.69, 9.17) is 0 Å². The van der Waals surface area contributed by atoms with Gasteiger partial charge in [0.05, 0.1) is 10.6 Å². The van der Waals surface area contributed by atoms with Crippen LogP contribution in [-0.2, 0) is 22.9 Å². The molecule has 2 aliphatic rings. The molecule has 0 saturated carbocycles. The number of anilines is 1. The van der Waals surface area contributed by atoms with Crippen molar-refractivity contribution in [2.45, 2.75) is 31.1 Å². The minimum atomic E-state index is -3.55. The summed E-state index contributed by atoms with van der Waals surface area (Å²) in [4.78, 5) is 13.6. The first kappa shape index (κ1) is 19.1. The Morgan fingerprint density at radius 3 is 2.36 bits per heavy atom. The smallest absolute Gasteiger partial charge is 0.243 e. The molecule has 1 saturated heterocycles. The maximum absolute atomic E-state index is 14.4. The van der Waals surface area contributed by atoms with Crippen LogP contribution in [0.4, 0.5) is 10.1 Å². The van der Waals surface area contributed by atoms with E-state index in [0.29, 0.717) is 42.3 Å². The van der Waals surface area contributed by atoms with Gasteiger partial charge in [-0.25, -0.2) is 12.8 Å². The fourth-order valence-electron chi connectivity index (χ4n) is 4.01. The maximum atomic E-state index is 14.4. The summed E-state index contributed by atoms with van der Waals surface area (Å²) in [6, 6.07) is 9.88. The highest BCUT2D eigenvalue weighted by Gasteiger charge is 2.30. The number of benzene rings is 2. The number of aryl methyl sites for hydroxylation is 2. The summed E-state index contributed by atoms with van der Waals surface area (Å²) in [7, 11) is -3.55. The number of carbonyl (C=O) groups excluding carboxylic acids is 1. The molecule has 2 aromatic carbocycles. The first-order valence-corrected chi connectivity index (χ1v) is 11.0. The van der Waals surface area contributed by atoms with E-state index in [1.54, 1.807) is 18.2 Å². The van der Waals surface area contributed by atoms with Crippen molar-refractivity contribution in [2.24, 2.45) is 0 Å². The predicted octanol–water partition coefficient (Wildman–Crippen LogP) is 3.03. The number of ketones is 1. The number of fused-ring (bicyclic) bond motifs is 1. The summed E-state index contributed by atoms with van der Waals surface area (Å²) in [6.07, 6.45) is 3.02.